The predicted molar refractivity (Wildman–Crippen MR) is 99.5 cm³/mol. The second-order valence-corrected chi connectivity index (χ2v) is 8.15. The molecule has 0 aliphatic rings. The highest BCUT2D eigenvalue weighted by Gasteiger charge is 2.28. The van der Waals surface area contributed by atoms with Gasteiger partial charge in [-0.2, -0.15) is 0 Å². The molecule has 0 fully saturated rings. The van der Waals surface area contributed by atoms with Crippen molar-refractivity contribution in [2.75, 3.05) is 6.54 Å². The number of amides is 1. The summed E-state index contributed by atoms with van der Waals surface area (Å²) >= 11 is 9.52. The molecule has 0 radical (unpaired) electrons. The topological polar surface area (TPSA) is 81.1 Å². The quantitative estimate of drug-likeness (QED) is 0.671. The summed E-state index contributed by atoms with van der Waals surface area (Å²) in [7, 11) is -4.03. The number of nitrogens with one attached hydrogen (secondary N) is 1. The molecule has 0 saturated carbocycles. The summed E-state index contributed by atoms with van der Waals surface area (Å²) in [6, 6.07) is 9.29. The van der Waals surface area contributed by atoms with E-state index in [1.165, 1.54) is 24.4 Å². The summed E-state index contributed by atoms with van der Waals surface area (Å²) in [6.07, 6.45) is 1.41. The number of fused-ring (bicyclic) bond motifs is 1. The van der Waals surface area contributed by atoms with Crippen molar-refractivity contribution >= 4 is 54.5 Å². The van der Waals surface area contributed by atoms with Crippen LogP contribution in [-0.4, -0.2) is 29.8 Å². The zero-order chi connectivity index (χ0) is 18.2. The van der Waals surface area contributed by atoms with Crippen LogP contribution in [-0.2, 0) is 10.0 Å². The maximum atomic E-state index is 13.1. The maximum Gasteiger partial charge on any atom is 0.270 e. The molecule has 1 N–H and O–H groups in total. The van der Waals surface area contributed by atoms with Crippen molar-refractivity contribution in [1.82, 2.24) is 14.3 Å². The number of rotatable bonds is 4. The molecule has 1 amide bonds. The minimum atomic E-state index is -4.03. The van der Waals surface area contributed by atoms with Crippen LogP contribution < -0.4 is 5.32 Å². The zero-order valence-corrected chi connectivity index (χ0v) is 16.2. The maximum absolute atomic E-state index is 13.1. The summed E-state index contributed by atoms with van der Waals surface area (Å²) in [5.41, 5.74) is 0.0477. The summed E-state index contributed by atoms with van der Waals surface area (Å²) in [5.74, 6) is -0.521. The number of carbonyl (C=O) groups is 1. The molecule has 25 heavy (non-hydrogen) atoms. The van der Waals surface area contributed by atoms with Gasteiger partial charge in [0.1, 0.15) is 5.69 Å². The van der Waals surface area contributed by atoms with E-state index in [0.717, 1.165) is 3.97 Å². The molecule has 2 aromatic heterocycles. The van der Waals surface area contributed by atoms with Crippen LogP contribution in [0.2, 0.25) is 5.02 Å². The first-order valence-electron chi connectivity index (χ1n) is 7.32. The number of hydrogen-bond donors (Lipinski definition) is 1. The summed E-state index contributed by atoms with van der Waals surface area (Å²) in [6.45, 7) is 2.11. The number of halogens is 2. The third-order valence-corrected chi connectivity index (χ3v) is 6.49. The molecule has 0 bridgehead atoms. The fourth-order valence-electron chi connectivity index (χ4n) is 2.42. The van der Waals surface area contributed by atoms with E-state index >= 15 is 0 Å². The Balaban J connectivity index is 2.38. The Labute approximate surface area is 158 Å². The van der Waals surface area contributed by atoms with E-state index in [0.29, 0.717) is 16.4 Å². The average molecular weight is 443 g/mol. The molecule has 0 spiro atoms. The third kappa shape index (κ3) is 3.05. The molecule has 1 aromatic carbocycles. The fraction of sp³-hybridized carbons (Fsp3) is 0.125. The Bertz CT molecular complexity index is 1070. The fourth-order valence-corrected chi connectivity index (χ4v) is 4.40. The van der Waals surface area contributed by atoms with Gasteiger partial charge in [-0.1, -0.05) is 29.8 Å². The Morgan fingerprint density at radius 1 is 1.32 bits per heavy atom. The Morgan fingerprint density at radius 3 is 2.64 bits per heavy atom. The van der Waals surface area contributed by atoms with Crippen molar-refractivity contribution in [3.8, 4) is 0 Å². The first-order valence-corrected chi connectivity index (χ1v) is 9.93. The minimum Gasteiger partial charge on any atom is -0.351 e. The largest absolute Gasteiger partial charge is 0.351 e. The molecular weight excluding hydrogens is 430 g/mol. The van der Waals surface area contributed by atoms with Gasteiger partial charge in [-0.05, 0) is 41.1 Å². The normalized spacial score (nSPS) is 11.6. The van der Waals surface area contributed by atoms with Gasteiger partial charge in [0.25, 0.3) is 15.9 Å². The van der Waals surface area contributed by atoms with Crippen LogP contribution in [0, 0.1) is 0 Å². The second kappa shape index (κ2) is 6.78. The Hall–Kier alpha value is -1.90. The molecule has 0 unspecified atom stereocenters. The lowest BCUT2D eigenvalue weighted by molar-refractivity contribution is 0.0950. The molecule has 0 aliphatic carbocycles. The number of pyridine rings is 1. The number of aromatic nitrogens is 2. The van der Waals surface area contributed by atoms with Crippen molar-refractivity contribution in [1.29, 1.82) is 0 Å². The highest BCUT2D eigenvalue weighted by atomic mass is 79.9. The van der Waals surface area contributed by atoms with Crippen molar-refractivity contribution in [2.45, 2.75) is 11.8 Å². The lowest BCUT2D eigenvalue weighted by atomic mass is 10.3. The highest BCUT2D eigenvalue weighted by Crippen LogP contribution is 2.33. The number of nitrogens with zero attached hydrogens (tertiary/aromatic N) is 2. The van der Waals surface area contributed by atoms with E-state index in [9.17, 15) is 13.2 Å². The van der Waals surface area contributed by atoms with E-state index in [1.54, 1.807) is 25.1 Å². The number of carbonyl (C=O) groups excluding carboxylic acids is 1. The first kappa shape index (κ1) is 17.9. The van der Waals surface area contributed by atoms with Crippen molar-refractivity contribution in [2.24, 2.45) is 0 Å². The van der Waals surface area contributed by atoms with Gasteiger partial charge in [-0.25, -0.2) is 17.4 Å². The molecule has 0 aliphatic heterocycles. The molecule has 9 heteroatoms. The van der Waals surface area contributed by atoms with E-state index in [4.69, 9.17) is 11.6 Å². The van der Waals surface area contributed by atoms with Crippen LogP contribution in [0.1, 0.15) is 17.4 Å². The van der Waals surface area contributed by atoms with Crippen LogP contribution in [0.25, 0.3) is 11.0 Å². The SMILES string of the molecule is CCNC(=O)c1cc2c(Cl)c(Br)cnc2n1S(=O)(=O)c1ccccc1. The average Bonchev–Trinajstić information content (AvgIpc) is 3.00. The zero-order valence-electron chi connectivity index (χ0n) is 13.0. The lowest BCUT2D eigenvalue weighted by Crippen LogP contribution is -2.28. The van der Waals surface area contributed by atoms with Crippen molar-refractivity contribution in [3.05, 3.63) is 57.8 Å². The van der Waals surface area contributed by atoms with Crippen LogP contribution in [0.5, 0.6) is 0 Å². The first-order chi connectivity index (χ1) is 11.9. The third-order valence-electron chi connectivity index (χ3n) is 3.53. The number of hydrogen-bond acceptors (Lipinski definition) is 4. The van der Waals surface area contributed by atoms with E-state index in [1.807, 2.05) is 0 Å². The van der Waals surface area contributed by atoms with Crippen LogP contribution in [0.15, 0.2) is 52.0 Å². The molecule has 130 valence electrons. The van der Waals surface area contributed by atoms with Gasteiger partial charge in [0, 0.05) is 18.1 Å². The van der Waals surface area contributed by atoms with Gasteiger partial charge in [0.15, 0.2) is 5.65 Å². The minimum absolute atomic E-state index is 0.0480. The summed E-state index contributed by atoms with van der Waals surface area (Å²) < 4.78 is 27.7. The predicted octanol–water partition coefficient (Wildman–Crippen LogP) is 3.44. The van der Waals surface area contributed by atoms with Gasteiger partial charge >= 0.3 is 0 Å². The molecule has 0 atom stereocenters. The van der Waals surface area contributed by atoms with Gasteiger partial charge in [0.2, 0.25) is 0 Å². The summed E-state index contributed by atoms with van der Waals surface area (Å²) in [4.78, 5) is 16.7. The second-order valence-electron chi connectivity index (χ2n) is 5.13. The van der Waals surface area contributed by atoms with Gasteiger partial charge in [0.05, 0.1) is 14.4 Å². The lowest BCUT2D eigenvalue weighted by Gasteiger charge is -2.11. The molecular formula is C16H13BrClN3O3S. The van der Waals surface area contributed by atoms with Crippen molar-refractivity contribution in [3.63, 3.8) is 0 Å². The van der Waals surface area contributed by atoms with E-state index < -0.39 is 15.9 Å². The smallest absolute Gasteiger partial charge is 0.270 e. The monoisotopic (exact) mass is 441 g/mol. The highest BCUT2D eigenvalue weighted by molar-refractivity contribution is 9.10. The van der Waals surface area contributed by atoms with Gasteiger partial charge in [-0.15, -0.1) is 0 Å². The van der Waals surface area contributed by atoms with Crippen LogP contribution >= 0.6 is 27.5 Å². The van der Waals surface area contributed by atoms with Gasteiger partial charge in [-0.3, -0.25) is 4.79 Å². The summed E-state index contributed by atoms with van der Waals surface area (Å²) in [5, 5.41) is 3.28. The molecule has 3 rings (SSSR count). The standard InChI is InChI=1S/C16H13BrClN3O3S/c1-2-19-16(22)13-8-11-14(18)12(17)9-20-15(11)21(13)25(23,24)10-6-4-3-5-7-10/h3-9H,2H2,1H3,(H,19,22). The van der Waals surface area contributed by atoms with Gasteiger partial charge < -0.3 is 5.32 Å². The van der Waals surface area contributed by atoms with E-state index in [-0.39, 0.29) is 21.3 Å². The molecule has 0 saturated heterocycles. The number of benzene rings is 1. The van der Waals surface area contributed by atoms with Crippen LogP contribution in [0.4, 0.5) is 0 Å². The van der Waals surface area contributed by atoms with Crippen molar-refractivity contribution < 1.29 is 13.2 Å². The van der Waals surface area contributed by atoms with Crippen LogP contribution in [0.3, 0.4) is 0 Å². The molecule has 6 nitrogen and oxygen atoms in total. The Kier molecular flexibility index (Phi) is 4.86. The molecule has 3 aromatic rings. The Morgan fingerprint density at radius 2 is 2.00 bits per heavy atom. The van der Waals surface area contributed by atoms with E-state index in [2.05, 4.69) is 26.2 Å². The molecule has 2 heterocycles.